The Morgan fingerprint density at radius 1 is 1.21 bits per heavy atom. The molecule has 126 valence electrons. The van der Waals surface area contributed by atoms with Gasteiger partial charge in [0.1, 0.15) is 17.5 Å². The number of aromatic nitrogens is 2. The molecule has 0 N–H and O–H groups in total. The van der Waals surface area contributed by atoms with Gasteiger partial charge >= 0.3 is 5.97 Å². The van der Waals surface area contributed by atoms with E-state index in [-0.39, 0.29) is 17.2 Å². The lowest BCUT2D eigenvalue weighted by molar-refractivity contribution is 0.0208. The highest BCUT2D eigenvalue weighted by Gasteiger charge is 2.22. The fourth-order valence-corrected chi connectivity index (χ4v) is 3.14. The van der Waals surface area contributed by atoms with Crippen LogP contribution in [-0.2, 0) is 11.3 Å². The lowest BCUT2D eigenvalue weighted by atomic mass is 9.98. The second kappa shape index (κ2) is 7.43. The van der Waals surface area contributed by atoms with Crippen molar-refractivity contribution >= 4 is 5.97 Å². The third kappa shape index (κ3) is 3.40. The summed E-state index contributed by atoms with van der Waals surface area (Å²) < 4.78 is 7.03. The van der Waals surface area contributed by atoms with E-state index in [1.165, 1.54) is 17.2 Å². The average Bonchev–Trinajstić information content (AvgIpc) is 2.63. The molecule has 1 aliphatic carbocycles. The lowest BCUT2D eigenvalue weighted by Crippen LogP contribution is -2.31. The molecule has 0 saturated heterocycles. The highest BCUT2D eigenvalue weighted by atomic mass is 16.5. The van der Waals surface area contributed by atoms with Crippen LogP contribution in [0.15, 0.2) is 41.3 Å². The topological polar surface area (TPSA) is 61.2 Å². The normalized spacial score (nSPS) is 15.2. The summed E-state index contributed by atoms with van der Waals surface area (Å²) >= 11 is 0. The Morgan fingerprint density at radius 3 is 2.58 bits per heavy atom. The first-order valence-electron chi connectivity index (χ1n) is 8.57. The van der Waals surface area contributed by atoms with E-state index in [1.807, 2.05) is 37.3 Å². The van der Waals surface area contributed by atoms with E-state index in [0.29, 0.717) is 12.4 Å². The predicted molar refractivity (Wildman–Crippen MR) is 91.9 cm³/mol. The van der Waals surface area contributed by atoms with Gasteiger partial charge in [0.25, 0.3) is 5.56 Å². The van der Waals surface area contributed by atoms with Crippen molar-refractivity contribution in [3.8, 4) is 11.4 Å². The Hall–Kier alpha value is -2.43. The molecule has 1 aromatic carbocycles. The molecule has 1 fully saturated rings. The van der Waals surface area contributed by atoms with Crippen molar-refractivity contribution in [3.05, 3.63) is 52.4 Å². The maximum atomic E-state index is 12.7. The third-order valence-electron chi connectivity index (χ3n) is 4.44. The first-order valence-corrected chi connectivity index (χ1v) is 8.57. The molecule has 3 rings (SSSR count). The quantitative estimate of drug-likeness (QED) is 0.808. The van der Waals surface area contributed by atoms with Crippen LogP contribution in [0, 0.1) is 0 Å². The molecule has 1 heterocycles. The smallest absolute Gasteiger partial charge is 0.345 e. The fourth-order valence-electron chi connectivity index (χ4n) is 3.14. The van der Waals surface area contributed by atoms with Gasteiger partial charge in [0.2, 0.25) is 0 Å². The number of carbonyl (C=O) groups is 1. The van der Waals surface area contributed by atoms with E-state index >= 15 is 0 Å². The molecule has 0 aliphatic heterocycles. The second-order valence-corrected chi connectivity index (χ2v) is 6.08. The van der Waals surface area contributed by atoms with Crippen molar-refractivity contribution in [2.24, 2.45) is 0 Å². The summed E-state index contributed by atoms with van der Waals surface area (Å²) in [6, 6.07) is 9.50. The summed E-state index contributed by atoms with van der Waals surface area (Å²) in [5.74, 6) is 0.0125. The summed E-state index contributed by atoms with van der Waals surface area (Å²) in [5, 5.41) is 0. The molecule has 0 amide bonds. The SMILES string of the molecule is CCn1c(-c2ccccc2)ncc(C(=O)OC2CCCCC2)c1=O. The van der Waals surface area contributed by atoms with Crippen molar-refractivity contribution < 1.29 is 9.53 Å². The number of hydrogen-bond acceptors (Lipinski definition) is 4. The number of carbonyl (C=O) groups excluding carboxylic acids is 1. The number of hydrogen-bond donors (Lipinski definition) is 0. The molecule has 5 heteroatoms. The van der Waals surface area contributed by atoms with E-state index in [9.17, 15) is 9.59 Å². The van der Waals surface area contributed by atoms with Crippen molar-refractivity contribution in [2.45, 2.75) is 51.7 Å². The molecular weight excluding hydrogens is 304 g/mol. The lowest BCUT2D eigenvalue weighted by Gasteiger charge is -2.21. The van der Waals surface area contributed by atoms with Crippen molar-refractivity contribution in [1.29, 1.82) is 0 Å². The summed E-state index contributed by atoms with van der Waals surface area (Å²) in [6.07, 6.45) is 6.36. The molecule has 24 heavy (non-hydrogen) atoms. The van der Waals surface area contributed by atoms with Crippen LogP contribution in [0.5, 0.6) is 0 Å². The zero-order valence-electron chi connectivity index (χ0n) is 13.9. The minimum Gasteiger partial charge on any atom is -0.459 e. The Balaban J connectivity index is 1.90. The molecule has 0 spiro atoms. The van der Waals surface area contributed by atoms with Gasteiger partial charge in [-0.25, -0.2) is 9.78 Å². The van der Waals surface area contributed by atoms with E-state index in [1.54, 1.807) is 0 Å². The van der Waals surface area contributed by atoms with Crippen molar-refractivity contribution in [2.75, 3.05) is 0 Å². The van der Waals surface area contributed by atoms with Gasteiger partial charge in [0.15, 0.2) is 0 Å². The number of nitrogens with zero attached hydrogens (tertiary/aromatic N) is 2. The number of benzene rings is 1. The maximum absolute atomic E-state index is 12.7. The van der Waals surface area contributed by atoms with Crippen LogP contribution in [0.2, 0.25) is 0 Å². The minimum absolute atomic E-state index is 0.0158. The van der Waals surface area contributed by atoms with Crippen LogP contribution >= 0.6 is 0 Å². The molecule has 0 bridgehead atoms. The first-order chi connectivity index (χ1) is 11.7. The Labute approximate surface area is 141 Å². The summed E-state index contributed by atoms with van der Waals surface area (Å²) in [7, 11) is 0. The highest BCUT2D eigenvalue weighted by Crippen LogP contribution is 2.21. The summed E-state index contributed by atoms with van der Waals surface area (Å²) in [5.41, 5.74) is 0.526. The third-order valence-corrected chi connectivity index (χ3v) is 4.44. The van der Waals surface area contributed by atoms with E-state index < -0.39 is 5.97 Å². The average molecular weight is 326 g/mol. The molecule has 2 aromatic rings. The number of ether oxygens (including phenoxy) is 1. The van der Waals surface area contributed by atoms with Gasteiger partial charge in [-0.05, 0) is 32.6 Å². The van der Waals surface area contributed by atoms with Crippen molar-refractivity contribution in [3.63, 3.8) is 0 Å². The maximum Gasteiger partial charge on any atom is 0.345 e. The van der Waals surface area contributed by atoms with Crippen LogP contribution in [-0.4, -0.2) is 21.6 Å². The van der Waals surface area contributed by atoms with Crippen LogP contribution in [0.3, 0.4) is 0 Å². The van der Waals surface area contributed by atoms with E-state index in [4.69, 9.17) is 4.74 Å². The molecule has 0 atom stereocenters. The zero-order valence-corrected chi connectivity index (χ0v) is 13.9. The van der Waals surface area contributed by atoms with Gasteiger partial charge in [-0.1, -0.05) is 36.8 Å². The molecule has 1 aromatic heterocycles. The van der Waals surface area contributed by atoms with Crippen LogP contribution < -0.4 is 5.56 Å². The molecular formula is C19H22N2O3. The number of rotatable bonds is 4. The molecule has 0 unspecified atom stereocenters. The number of esters is 1. The van der Waals surface area contributed by atoms with Crippen LogP contribution in [0.1, 0.15) is 49.4 Å². The fraction of sp³-hybridized carbons (Fsp3) is 0.421. The molecule has 5 nitrogen and oxygen atoms in total. The van der Waals surface area contributed by atoms with Gasteiger partial charge in [-0.15, -0.1) is 0 Å². The Morgan fingerprint density at radius 2 is 1.92 bits per heavy atom. The van der Waals surface area contributed by atoms with Gasteiger partial charge in [-0.2, -0.15) is 0 Å². The molecule has 1 saturated carbocycles. The van der Waals surface area contributed by atoms with Gasteiger partial charge < -0.3 is 4.74 Å². The van der Waals surface area contributed by atoms with Crippen LogP contribution in [0.4, 0.5) is 0 Å². The Bertz CT molecular complexity index is 762. The predicted octanol–water partition coefficient (Wildman–Crippen LogP) is 3.42. The van der Waals surface area contributed by atoms with E-state index in [2.05, 4.69) is 4.98 Å². The largest absolute Gasteiger partial charge is 0.459 e. The van der Waals surface area contributed by atoms with Gasteiger partial charge in [0, 0.05) is 18.3 Å². The van der Waals surface area contributed by atoms with E-state index in [0.717, 1.165) is 31.2 Å². The summed E-state index contributed by atoms with van der Waals surface area (Å²) in [6.45, 7) is 2.31. The second-order valence-electron chi connectivity index (χ2n) is 6.08. The first kappa shape index (κ1) is 16.4. The molecule has 0 radical (unpaired) electrons. The van der Waals surface area contributed by atoms with Crippen molar-refractivity contribution in [1.82, 2.24) is 9.55 Å². The van der Waals surface area contributed by atoms with Gasteiger partial charge in [-0.3, -0.25) is 9.36 Å². The zero-order chi connectivity index (χ0) is 16.9. The summed E-state index contributed by atoms with van der Waals surface area (Å²) in [4.78, 5) is 29.4. The van der Waals surface area contributed by atoms with Crippen LogP contribution in [0.25, 0.3) is 11.4 Å². The highest BCUT2D eigenvalue weighted by molar-refractivity contribution is 5.89. The van der Waals surface area contributed by atoms with Gasteiger partial charge in [0.05, 0.1) is 0 Å². The monoisotopic (exact) mass is 326 g/mol. The Kier molecular flexibility index (Phi) is 5.08. The minimum atomic E-state index is -0.554. The molecule has 1 aliphatic rings. The standard InChI is InChI=1S/C19H22N2O3/c1-2-21-17(14-9-5-3-6-10-14)20-13-16(18(21)22)19(23)24-15-11-7-4-8-12-15/h3,5-6,9-10,13,15H,2,4,7-8,11-12H2,1H3.